The van der Waals surface area contributed by atoms with Crippen LogP contribution in [0.2, 0.25) is 0 Å². The van der Waals surface area contributed by atoms with Gasteiger partial charge in [-0.15, -0.1) is 0 Å². The average Bonchev–Trinajstić information content (AvgIpc) is 2.36. The first-order valence-corrected chi connectivity index (χ1v) is 6.20. The van der Waals surface area contributed by atoms with E-state index >= 15 is 0 Å². The van der Waals surface area contributed by atoms with Crippen molar-refractivity contribution in [3.05, 3.63) is 21.7 Å². The van der Waals surface area contributed by atoms with Gasteiger partial charge in [-0.3, -0.25) is 9.59 Å². The van der Waals surface area contributed by atoms with Crippen molar-refractivity contribution in [3.63, 3.8) is 0 Å². The number of rotatable bonds is 4. The summed E-state index contributed by atoms with van der Waals surface area (Å²) in [5, 5.41) is 8.71. The minimum absolute atomic E-state index is 0.00265. The lowest BCUT2D eigenvalue weighted by molar-refractivity contribution is -0.136. The molecule has 18 heavy (non-hydrogen) atoms. The molecule has 6 heteroatoms. The molecule has 1 aromatic carbocycles. The molecule has 0 atom stereocenters. The fraction of sp³-hybridized carbons (Fsp3) is 0.333. The molecule has 0 unspecified atom stereocenters. The Balaban J connectivity index is 2.43. The molecule has 5 nitrogen and oxygen atoms in total. The van der Waals surface area contributed by atoms with E-state index in [1.54, 1.807) is 6.07 Å². The molecule has 1 heterocycles. The highest BCUT2D eigenvalue weighted by Crippen LogP contribution is 2.41. The zero-order valence-electron chi connectivity index (χ0n) is 9.44. The highest BCUT2D eigenvalue weighted by atomic mass is 79.9. The van der Waals surface area contributed by atoms with Crippen LogP contribution in [0.4, 0.5) is 0 Å². The Hall–Kier alpha value is -1.56. The van der Waals surface area contributed by atoms with Gasteiger partial charge in [-0.25, -0.2) is 0 Å². The standard InChI is InChI=1S/C12H11BrO5/c13-9-5-7(1-2-10(15)16)11-12(8(9)6-14)18-4-3-17-11/h5-6H,1-4H2,(H,15,16). The van der Waals surface area contributed by atoms with Crippen molar-refractivity contribution in [2.75, 3.05) is 13.2 Å². The molecule has 0 aliphatic carbocycles. The summed E-state index contributed by atoms with van der Waals surface area (Å²) in [4.78, 5) is 21.6. The van der Waals surface area contributed by atoms with Crippen molar-refractivity contribution in [2.45, 2.75) is 12.8 Å². The van der Waals surface area contributed by atoms with Gasteiger partial charge < -0.3 is 14.6 Å². The maximum Gasteiger partial charge on any atom is 0.303 e. The van der Waals surface area contributed by atoms with E-state index in [0.717, 1.165) is 5.56 Å². The third-order valence-corrected chi connectivity index (χ3v) is 3.26. The summed E-state index contributed by atoms with van der Waals surface area (Å²) in [6.45, 7) is 0.773. The second-order valence-electron chi connectivity index (χ2n) is 3.80. The number of aliphatic carboxylic acids is 1. The maximum absolute atomic E-state index is 11.0. The Labute approximate surface area is 112 Å². The van der Waals surface area contributed by atoms with Gasteiger partial charge in [0.25, 0.3) is 0 Å². The zero-order chi connectivity index (χ0) is 13.1. The number of fused-ring (bicyclic) bond motifs is 1. The van der Waals surface area contributed by atoms with Crippen molar-refractivity contribution in [3.8, 4) is 11.5 Å². The monoisotopic (exact) mass is 314 g/mol. The van der Waals surface area contributed by atoms with Gasteiger partial charge >= 0.3 is 5.97 Å². The van der Waals surface area contributed by atoms with Crippen LogP contribution in [0.3, 0.4) is 0 Å². The number of hydrogen-bond donors (Lipinski definition) is 1. The highest BCUT2D eigenvalue weighted by Gasteiger charge is 2.22. The minimum Gasteiger partial charge on any atom is -0.486 e. The number of aryl methyl sites for hydroxylation is 1. The molecule has 0 saturated carbocycles. The summed E-state index contributed by atoms with van der Waals surface area (Å²) < 4.78 is 11.5. The molecule has 1 aromatic rings. The number of ether oxygens (including phenoxy) is 2. The van der Waals surface area contributed by atoms with Gasteiger partial charge in [0.15, 0.2) is 17.8 Å². The number of carboxylic acids is 1. The summed E-state index contributed by atoms with van der Waals surface area (Å²) in [5.74, 6) is -0.00474. The van der Waals surface area contributed by atoms with Crippen LogP contribution in [0, 0.1) is 0 Å². The third-order valence-electron chi connectivity index (χ3n) is 2.60. The van der Waals surface area contributed by atoms with E-state index in [0.29, 0.717) is 47.5 Å². The smallest absolute Gasteiger partial charge is 0.303 e. The number of carbonyl (C=O) groups excluding carboxylic acids is 1. The first-order valence-electron chi connectivity index (χ1n) is 5.41. The summed E-state index contributed by atoms with van der Waals surface area (Å²) in [6, 6.07) is 1.71. The van der Waals surface area contributed by atoms with Crippen LogP contribution in [-0.2, 0) is 11.2 Å². The number of carbonyl (C=O) groups is 2. The fourth-order valence-corrected chi connectivity index (χ4v) is 2.35. The van der Waals surface area contributed by atoms with Crippen molar-refractivity contribution in [2.24, 2.45) is 0 Å². The molecular weight excluding hydrogens is 304 g/mol. The van der Waals surface area contributed by atoms with E-state index < -0.39 is 5.97 Å². The molecule has 0 fully saturated rings. The molecular formula is C12H11BrO5. The summed E-state index contributed by atoms with van der Waals surface area (Å²) in [5.41, 5.74) is 1.12. The van der Waals surface area contributed by atoms with Crippen LogP contribution in [0.25, 0.3) is 0 Å². The predicted molar refractivity (Wildman–Crippen MR) is 66.5 cm³/mol. The van der Waals surface area contributed by atoms with Crippen LogP contribution in [0.5, 0.6) is 11.5 Å². The number of halogens is 1. The zero-order valence-corrected chi connectivity index (χ0v) is 11.0. The Morgan fingerprint density at radius 2 is 2.06 bits per heavy atom. The average molecular weight is 315 g/mol. The molecule has 0 radical (unpaired) electrons. The first kappa shape index (κ1) is 12.9. The SMILES string of the molecule is O=Cc1c(Br)cc(CCC(=O)O)c2c1OCCO2. The molecule has 1 aliphatic rings. The quantitative estimate of drug-likeness (QED) is 0.861. The lowest BCUT2D eigenvalue weighted by Gasteiger charge is -2.23. The Morgan fingerprint density at radius 3 is 2.67 bits per heavy atom. The number of aldehydes is 1. The lowest BCUT2D eigenvalue weighted by Crippen LogP contribution is -2.18. The second kappa shape index (κ2) is 5.39. The van der Waals surface area contributed by atoms with Crippen molar-refractivity contribution < 1.29 is 24.2 Å². The molecule has 0 spiro atoms. The Morgan fingerprint density at radius 1 is 1.39 bits per heavy atom. The van der Waals surface area contributed by atoms with Crippen LogP contribution >= 0.6 is 15.9 Å². The Bertz CT molecular complexity index is 498. The van der Waals surface area contributed by atoms with Crippen LogP contribution in [0.1, 0.15) is 22.3 Å². The molecule has 0 aromatic heterocycles. The number of carboxylic acid groups (broad SMARTS) is 1. The van der Waals surface area contributed by atoms with E-state index in [9.17, 15) is 9.59 Å². The molecule has 0 amide bonds. The van der Waals surface area contributed by atoms with E-state index in [4.69, 9.17) is 14.6 Å². The summed E-state index contributed by atoms with van der Waals surface area (Å²) >= 11 is 3.28. The maximum atomic E-state index is 11.0. The third kappa shape index (κ3) is 2.48. The molecule has 2 rings (SSSR count). The van der Waals surface area contributed by atoms with E-state index in [-0.39, 0.29) is 6.42 Å². The van der Waals surface area contributed by atoms with Gasteiger partial charge in [0.1, 0.15) is 13.2 Å². The van der Waals surface area contributed by atoms with E-state index in [1.165, 1.54) is 0 Å². The molecule has 1 N–H and O–H groups in total. The molecule has 1 aliphatic heterocycles. The summed E-state index contributed by atoms with van der Waals surface area (Å²) in [6.07, 6.45) is 1.03. The Kier molecular flexibility index (Phi) is 3.86. The van der Waals surface area contributed by atoms with Gasteiger partial charge in [-0.05, 0) is 34.0 Å². The lowest BCUT2D eigenvalue weighted by atomic mass is 10.0. The van der Waals surface area contributed by atoms with Crippen molar-refractivity contribution >= 4 is 28.2 Å². The summed E-state index contributed by atoms with van der Waals surface area (Å²) in [7, 11) is 0. The van der Waals surface area contributed by atoms with Gasteiger partial charge in [-0.1, -0.05) is 0 Å². The van der Waals surface area contributed by atoms with Crippen LogP contribution < -0.4 is 9.47 Å². The van der Waals surface area contributed by atoms with Gasteiger partial charge in [0.05, 0.1) is 5.56 Å². The van der Waals surface area contributed by atoms with Gasteiger partial charge in [0.2, 0.25) is 0 Å². The van der Waals surface area contributed by atoms with Crippen LogP contribution in [-0.4, -0.2) is 30.6 Å². The molecule has 0 saturated heterocycles. The molecule has 0 bridgehead atoms. The molecule has 96 valence electrons. The largest absolute Gasteiger partial charge is 0.486 e. The highest BCUT2D eigenvalue weighted by molar-refractivity contribution is 9.10. The van der Waals surface area contributed by atoms with Crippen molar-refractivity contribution in [1.82, 2.24) is 0 Å². The normalized spacial score (nSPS) is 13.2. The van der Waals surface area contributed by atoms with E-state index in [2.05, 4.69) is 15.9 Å². The minimum atomic E-state index is -0.879. The van der Waals surface area contributed by atoms with Gasteiger partial charge in [0, 0.05) is 10.9 Å². The van der Waals surface area contributed by atoms with Gasteiger partial charge in [-0.2, -0.15) is 0 Å². The number of benzene rings is 1. The predicted octanol–water partition coefficient (Wildman–Crippen LogP) is 2.05. The van der Waals surface area contributed by atoms with Crippen LogP contribution in [0.15, 0.2) is 10.5 Å². The first-order chi connectivity index (χ1) is 8.63. The second-order valence-corrected chi connectivity index (χ2v) is 4.65. The fourth-order valence-electron chi connectivity index (χ4n) is 1.80. The number of hydrogen-bond acceptors (Lipinski definition) is 4. The topological polar surface area (TPSA) is 72.8 Å². The van der Waals surface area contributed by atoms with Crippen molar-refractivity contribution in [1.29, 1.82) is 0 Å². The van der Waals surface area contributed by atoms with E-state index in [1.807, 2.05) is 0 Å².